The van der Waals surface area contributed by atoms with Crippen molar-refractivity contribution >= 4 is 41.2 Å². The first-order valence-electron chi connectivity index (χ1n) is 7.45. The largest absolute Gasteiger partial charge is 0.349 e. The molecule has 0 saturated carbocycles. The lowest BCUT2D eigenvalue weighted by Gasteiger charge is -2.16. The number of halogens is 1. The van der Waals surface area contributed by atoms with Crippen LogP contribution in [-0.4, -0.2) is 20.6 Å². The molecule has 2 aliphatic heterocycles. The Labute approximate surface area is 154 Å². The summed E-state index contributed by atoms with van der Waals surface area (Å²) in [5, 5.41) is 14.6. The summed E-state index contributed by atoms with van der Waals surface area (Å²) < 4.78 is 0. The van der Waals surface area contributed by atoms with Crippen molar-refractivity contribution < 1.29 is 0 Å². The number of allylic oxidation sites excluding steroid dienone is 1. The van der Waals surface area contributed by atoms with Crippen LogP contribution in [0.4, 0.5) is 0 Å². The van der Waals surface area contributed by atoms with E-state index in [0.717, 1.165) is 16.5 Å². The molecule has 0 spiro atoms. The number of fused-ring (bicyclic) bond motifs is 1. The Morgan fingerprint density at radius 3 is 2.92 bits per heavy atom. The predicted octanol–water partition coefficient (Wildman–Crippen LogP) is 4.59. The molecule has 1 aromatic carbocycles. The first kappa shape index (κ1) is 15.7. The molecule has 24 heavy (non-hydrogen) atoms. The van der Waals surface area contributed by atoms with Gasteiger partial charge in [-0.15, -0.1) is 11.8 Å². The SMILES string of the molecule is Clc1ccc(CSC2=C(/C=C/c3ccn[nH]3)N3C=CS[C@@H]3N2)cc1. The van der Waals surface area contributed by atoms with Crippen LogP contribution in [0.1, 0.15) is 11.3 Å². The fourth-order valence-corrected chi connectivity index (χ4v) is 4.55. The summed E-state index contributed by atoms with van der Waals surface area (Å²) in [4.78, 5) is 2.25. The topological polar surface area (TPSA) is 44.0 Å². The Bertz CT molecular complexity index is 797. The van der Waals surface area contributed by atoms with Gasteiger partial charge in [-0.2, -0.15) is 5.10 Å². The maximum atomic E-state index is 5.95. The van der Waals surface area contributed by atoms with Crippen LogP contribution in [0, 0.1) is 0 Å². The van der Waals surface area contributed by atoms with E-state index < -0.39 is 0 Å². The molecule has 3 heterocycles. The average Bonchev–Trinajstić information content (AvgIpc) is 3.30. The molecule has 122 valence electrons. The maximum absolute atomic E-state index is 5.95. The number of benzene rings is 1. The molecular formula is C17H15ClN4S2. The first-order chi connectivity index (χ1) is 11.8. The Morgan fingerprint density at radius 1 is 1.25 bits per heavy atom. The van der Waals surface area contributed by atoms with Gasteiger partial charge < -0.3 is 10.2 Å². The van der Waals surface area contributed by atoms with Crippen LogP contribution < -0.4 is 5.32 Å². The van der Waals surface area contributed by atoms with Gasteiger partial charge in [0.05, 0.1) is 16.4 Å². The van der Waals surface area contributed by atoms with Crippen LogP contribution >= 0.6 is 35.1 Å². The van der Waals surface area contributed by atoms with E-state index in [1.165, 1.54) is 16.3 Å². The molecule has 0 amide bonds. The maximum Gasteiger partial charge on any atom is 0.156 e. The Hall–Kier alpha value is -1.76. The Morgan fingerprint density at radius 2 is 2.12 bits per heavy atom. The standard InChI is InChI=1S/C17H15ClN4S2/c18-13-3-1-12(2-4-13)11-24-16-15(6-5-14-7-8-19-21-14)22-9-10-23-17(22)20-16/h1-10,17,20H,11H2,(H,19,21)/b6-5+/t17-/m1/s1. The smallest absolute Gasteiger partial charge is 0.156 e. The van der Waals surface area contributed by atoms with Crippen LogP contribution in [0.5, 0.6) is 0 Å². The summed E-state index contributed by atoms with van der Waals surface area (Å²) in [7, 11) is 0. The number of hydrogen-bond donors (Lipinski definition) is 2. The van der Waals surface area contributed by atoms with Crippen molar-refractivity contribution in [3.05, 3.63) is 81.2 Å². The second-order valence-electron chi connectivity index (χ2n) is 5.30. The molecule has 1 aromatic heterocycles. The van der Waals surface area contributed by atoms with E-state index >= 15 is 0 Å². The lowest BCUT2D eigenvalue weighted by atomic mass is 10.2. The van der Waals surface area contributed by atoms with Crippen molar-refractivity contribution in [2.24, 2.45) is 0 Å². The molecule has 4 rings (SSSR count). The summed E-state index contributed by atoms with van der Waals surface area (Å²) in [6, 6.07) is 9.96. The number of rotatable bonds is 5. The third-order valence-electron chi connectivity index (χ3n) is 3.69. The van der Waals surface area contributed by atoms with Crippen molar-refractivity contribution in [1.82, 2.24) is 20.4 Å². The van der Waals surface area contributed by atoms with Gasteiger partial charge in [0, 0.05) is 23.2 Å². The number of nitrogens with one attached hydrogen (secondary N) is 2. The quantitative estimate of drug-likeness (QED) is 0.801. The van der Waals surface area contributed by atoms with Gasteiger partial charge in [-0.3, -0.25) is 5.10 Å². The summed E-state index contributed by atoms with van der Waals surface area (Å²) in [6.07, 6.45) is 8.05. The fraction of sp³-hybridized carbons (Fsp3) is 0.118. The summed E-state index contributed by atoms with van der Waals surface area (Å²) in [5.41, 5.74) is 3.67. The molecule has 1 atom stereocenters. The molecule has 2 aromatic rings. The number of aromatic amines is 1. The highest BCUT2D eigenvalue weighted by Gasteiger charge is 2.31. The number of thioether (sulfide) groups is 2. The zero-order chi connectivity index (χ0) is 16.4. The van der Waals surface area contributed by atoms with Crippen LogP contribution in [0.2, 0.25) is 5.02 Å². The second kappa shape index (κ2) is 7.01. The van der Waals surface area contributed by atoms with E-state index in [9.17, 15) is 0 Å². The molecule has 0 aliphatic carbocycles. The van der Waals surface area contributed by atoms with Gasteiger partial charge in [-0.1, -0.05) is 35.5 Å². The highest BCUT2D eigenvalue weighted by Crippen LogP contribution is 2.39. The van der Waals surface area contributed by atoms with E-state index in [2.05, 4.69) is 50.2 Å². The predicted molar refractivity (Wildman–Crippen MR) is 103 cm³/mol. The third-order valence-corrected chi connectivity index (χ3v) is 5.91. The minimum absolute atomic E-state index is 0.249. The van der Waals surface area contributed by atoms with Gasteiger partial charge in [0.25, 0.3) is 0 Å². The van der Waals surface area contributed by atoms with Gasteiger partial charge in [-0.25, -0.2) is 0 Å². The summed E-state index contributed by atoms with van der Waals surface area (Å²) in [6.45, 7) is 0. The van der Waals surface area contributed by atoms with Crippen LogP contribution in [-0.2, 0) is 5.75 Å². The van der Waals surface area contributed by atoms with Gasteiger partial charge in [0.15, 0.2) is 5.50 Å². The Kier molecular flexibility index (Phi) is 4.60. The molecular weight excluding hydrogens is 360 g/mol. The molecule has 2 aliphatic rings. The van der Waals surface area contributed by atoms with Crippen LogP contribution in [0.15, 0.2) is 64.9 Å². The summed E-state index contributed by atoms with van der Waals surface area (Å²) >= 11 is 9.53. The zero-order valence-corrected chi connectivity index (χ0v) is 15.0. The van der Waals surface area contributed by atoms with Crippen molar-refractivity contribution in [1.29, 1.82) is 0 Å². The van der Waals surface area contributed by atoms with Gasteiger partial charge in [0.1, 0.15) is 0 Å². The number of hydrogen-bond acceptors (Lipinski definition) is 5. The van der Waals surface area contributed by atoms with Gasteiger partial charge in [-0.05, 0) is 41.3 Å². The van der Waals surface area contributed by atoms with E-state index in [-0.39, 0.29) is 5.50 Å². The van der Waals surface area contributed by atoms with Crippen LogP contribution in [0.3, 0.4) is 0 Å². The molecule has 4 nitrogen and oxygen atoms in total. The van der Waals surface area contributed by atoms with Gasteiger partial charge in [0.2, 0.25) is 0 Å². The number of H-pyrrole nitrogens is 1. The fourth-order valence-electron chi connectivity index (χ4n) is 2.47. The van der Waals surface area contributed by atoms with Gasteiger partial charge >= 0.3 is 0 Å². The number of nitrogens with zero attached hydrogens (tertiary/aromatic N) is 2. The van der Waals surface area contributed by atoms with Crippen molar-refractivity contribution in [3.63, 3.8) is 0 Å². The van der Waals surface area contributed by atoms with Crippen molar-refractivity contribution in [2.75, 3.05) is 0 Å². The minimum Gasteiger partial charge on any atom is -0.349 e. The van der Waals surface area contributed by atoms with E-state index in [1.54, 1.807) is 29.7 Å². The highest BCUT2D eigenvalue weighted by molar-refractivity contribution is 8.03. The van der Waals surface area contributed by atoms with E-state index in [0.29, 0.717) is 0 Å². The monoisotopic (exact) mass is 374 g/mol. The third kappa shape index (κ3) is 3.36. The molecule has 0 bridgehead atoms. The lowest BCUT2D eigenvalue weighted by Crippen LogP contribution is -2.26. The zero-order valence-electron chi connectivity index (χ0n) is 12.6. The summed E-state index contributed by atoms with van der Waals surface area (Å²) in [5.74, 6) is 0.899. The Balaban J connectivity index is 1.53. The lowest BCUT2D eigenvalue weighted by molar-refractivity contribution is 0.472. The van der Waals surface area contributed by atoms with E-state index in [4.69, 9.17) is 11.6 Å². The molecule has 0 saturated heterocycles. The minimum atomic E-state index is 0.249. The second-order valence-corrected chi connectivity index (χ2v) is 7.71. The molecule has 7 heteroatoms. The van der Waals surface area contributed by atoms with Crippen molar-refractivity contribution in [3.8, 4) is 0 Å². The van der Waals surface area contributed by atoms with E-state index in [1.807, 2.05) is 24.3 Å². The van der Waals surface area contributed by atoms with Crippen LogP contribution in [0.25, 0.3) is 6.08 Å². The normalized spacial score (nSPS) is 19.4. The molecule has 0 radical (unpaired) electrons. The average molecular weight is 375 g/mol. The molecule has 0 fully saturated rings. The highest BCUT2D eigenvalue weighted by atomic mass is 35.5. The first-order valence-corrected chi connectivity index (χ1v) is 9.76. The van der Waals surface area contributed by atoms with Crippen molar-refractivity contribution in [2.45, 2.75) is 11.3 Å². The number of aromatic nitrogens is 2. The molecule has 2 N–H and O–H groups in total. The molecule has 0 unspecified atom stereocenters.